The minimum Gasteiger partial charge on any atom is -0.497 e. The van der Waals surface area contributed by atoms with Crippen LogP contribution in [0.1, 0.15) is 23.7 Å². The molecule has 0 unspecified atom stereocenters. The summed E-state index contributed by atoms with van der Waals surface area (Å²) in [7, 11) is 1.64. The number of anilines is 1. The molecule has 1 amide bonds. The van der Waals surface area contributed by atoms with E-state index in [4.69, 9.17) is 9.72 Å². The van der Waals surface area contributed by atoms with Gasteiger partial charge < -0.3 is 14.2 Å². The fourth-order valence-electron chi connectivity index (χ4n) is 4.25. The highest BCUT2D eigenvalue weighted by molar-refractivity contribution is 5.96. The number of nitrogens with zero attached hydrogens (tertiary/aromatic N) is 3. The number of amides is 1. The SMILES string of the molecule is COc1cccc(N2C[C@@H](c3nc4ccccc4n3Cc3ccccc3)CC2=O)c1. The van der Waals surface area contributed by atoms with Crippen molar-refractivity contribution in [2.45, 2.75) is 18.9 Å². The normalized spacial score (nSPS) is 16.4. The summed E-state index contributed by atoms with van der Waals surface area (Å²) in [5.41, 5.74) is 4.16. The maximum atomic E-state index is 12.9. The maximum absolute atomic E-state index is 12.9. The zero-order chi connectivity index (χ0) is 20.5. The van der Waals surface area contributed by atoms with Gasteiger partial charge in [0.1, 0.15) is 11.6 Å². The lowest BCUT2D eigenvalue weighted by atomic mass is 10.1. The number of rotatable bonds is 5. The van der Waals surface area contributed by atoms with Crippen molar-refractivity contribution in [3.05, 3.63) is 90.3 Å². The lowest BCUT2D eigenvalue weighted by Crippen LogP contribution is -2.24. The summed E-state index contributed by atoms with van der Waals surface area (Å²) in [4.78, 5) is 19.7. The van der Waals surface area contributed by atoms with E-state index in [0.29, 0.717) is 13.0 Å². The molecule has 1 aromatic heterocycles. The molecule has 0 aliphatic carbocycles. The number of para-hydroxylation sites is 2. The molecule has 3 aromatic carbocycles. The van der Waals surface area contributed by atoms with Crippen molar-refractivity contribution in [2.75, 3.05) is 18.6 Å². The van der Waals surface area contributed by atoms with E-state index in [-0.39, 0.29) is 11.8 Å². The molecule has 1 aliphatic heterocycles. The number of ether oxygens (including phenoxy) is 1. The Balaban J connectivity index is 1.51. The average Bonchev–Trinajstić information content (AvgIpc) is 3.35. The Labute approximate surface area is 175 Å². The standard InChI is InChI=1S/C25H23N3O2/c1-30-21-11-7-10-20(15-21)27-17-19(14-24(27)29)25-26-22-12-5-6-13-23(22)28(25)16-18-8-3-2-4-9-18/h2-13,15,19H,14,16-17H2,1H3/t19-/m0/s1. The zero-order valence-corrected chi connectivity index (χ0v) is 16.9. The van der Waals surface area contributed by atoms with Crippen LogP contribution in [0.2, 0.25) is 0 Å². The van der Waals surface area contributed by atoms with Gasteiger partial charge in [0.25, 0.3) is 0 Å². The van der Waals surface area contributed by atoms with Gasteiger partial charge >= 0.3 is 0 Å². The third-order valence-electron chi connectivity index (χ3n) is 5.72. The third-order valence-corrected chi connectivity index (χ3v) is 5.72. The van der Waals surface area contributed by atoms with Gasteiger partial charge in [-0.2, -0.15) is 0 Å². The topological polar surface area (TPSA) is 47.4 Å². The van der Waals surface area contributed by atoms with Gasteiger partial charge in [-0.05, 0) is 29.8 Å². The quantitative estimate of drug-likeness (QED) is 0.494. The number of carbonyl (C=O) groups excluding carboxylic acids is 1. The van der Waals surface area contributed by atoms with Gasteiger partial charge in [0.15, 0.2) is 0 Å². The van der Waals surface area contributed by atoms with Crippen LogP contribution in [0.15, 0.2) is 78.9 Å². The monoisotopic (exact) mass is 397 g/mol. The van der Waals surface area contributed by atoms with Gasteiger partial charge in [0, 0.05) is 37.2 Å². The minimum atomic E-state index is 0.0415. The highest BCUT2D eigenvalue weighted by atomic mass is 16.5. The van der Waals surface area contributed by atoms with Crippen LogP contribution in [-0.4, -0.2) is 29.1 Å². The zero-order valence-electron chi connectivity index (χ0n) is 16.9. The fraction of sp³-hybridized carbons (Fsp3) is 0.200. The van der Waals surface area contributed by atoms with Crippen molar-refractivity contribution >= 4 is 22.6 Å². The lowest BCUT2D eigenvalue weighted by Gasteiger charge is -2.18. The van der Waals surface area contributed by atoms with Gasteiger partial charge in [-0.15, -0.1) is 0 Å². The number of imidazole rings is 1. The van der Waals surface area contributed by atoms with E-state index in [2.05, 4.69) is 34.9 Å². The Hall–Kier alpha value is -3.60. The van der Waals surface area contributed by atoms with Crippen LogP contribution >= 0.6 is 0 Å². The molecule has 0 radical (unpaired) electrons. The summed E-state index contributed by atoms with van der Waals surface area (Å²) >= 11 is 0. The summed E-state index contributed by atoms with van der Waals surface area (Å²) in [5, 5.41) is 0. The smallest absolute Gasteiger partial charge is 0.227 e. The first-order valence-electron chi connectivity index (χ1n) is 10.2. The molecular formula is C25H23N3O2. The van der Waals surface area contributed by atoms with E-state index in [1.807, 2.05) is 53.4 Å². The third kappa shape index (κ3) is 3.32. The maximum Gasteiger partial charge on any atom is 0.227 e. The van der Waals surface area contributed by atoms with E-state index in [1.54, 1.807) is 7.11 Å². The first kappa shape index (κ1) is 18.4. The van der Waals surface area contributed by atoms with Gasteiger partial charge in [0.05, 0.1) is 18.1 Å². The molecule has 0 saturated carbocycles. The number of hydrogen-bond acceptors (Lipinski definition) is 3. The molecule has 0 N–H and O–H groups in total. The van der Waals surface area contributed by atoms with E-state index in [0.717, 1.165) is 34.8 Å². The second-order valence-corrected chi connectivity index (χ2v) is 7.64. The molecule has 5 heteroatoms. The number of hydrogen-bond donors (Lipinski definition) is 0. The number of benzene rings is 3. The largest absolute Gasteiger partial charge is 0.497 e. The highest BCUT2D eigenvalue weighted by Crippen LogP contribution is 2.34. The second kappa shape index (κ2) is 7.67. The molecule has 150 valence electrons. The molecule has 1 fully saturated rings. The molecule has 1 atom stereocenters. The summed E-state index contributed by atoms with van der Waals surface area (Å²) in [5.74, 6) is 1.88. The number of fused-ring (bicyclic) bond motifs is 1. The van der Waals surface area contributed by atoms with Crippen LogP contribution in [-0.2, 0) is 11.3 Å². The van der Waals surface area contributed by atoms with Crippen LogP contribution in [0.3, 0.4) is 0 Å². The van der Waals surface area contributed by atoms with E-state index < -0.39 is 0 Å². The van der Waals surface area contributed by atoms with Crippen LogP contribution in [0.25, 0.3) is 11.0 Å². The molecule has 5 rings (SSSR count). The van der Waals surface area contributed by atoms with Crippen molar-refractivity contribution in [2.24, 2.45) is 0 Å². The Morgan fingerprint density at radius 1 is 1.00 bits per heavy atom. The predicted octanol–water partition coefficient (Wildman–Crippen LogP) is 4.61. The minimum absolute atomic E-state index is 0.0415. The van der Waals surface area contributed by atoms with Crippen LogP contribution < -0.4 is 9.64 Å². The Kier molecular flexibility index (Phi) is 4.71. The summed E-state index contributed by atoms with van der Waals surface area (Å²) in [6.45, 7) is 1.35. The van der Waals surface area contributed by atoms with Crippen molar-refractivity contribution < 1.29 is 9.53 Å². The molecule has 1 saturated heterocycles. The Bertz CT molecular complexity index is 1200. The summed E-state index contributed by atoms with van der Waals surface area (Å²) < 4.78 is 7.59. The molecular weight excluding hydrogens is 374 g/mol. The first-order valence-corrected chi connectivity index (χ1v) is 10.2. The van der Waals surface area contributed by atoms with Crippen LogP contribution in [0.4, 0.5) is 5.69 Å². The molecule has 2 heterocycles. The molecule has 1 aliphatic rings. The summed E-state index contributed by atoms with van der Waals surface area (Å²) in [6, 6.07) is 26.2. The molecule has 5 nitrogen and oxygen atoms in total. The predicted molar refractivity (Wildman–Crippen MR) is 118 cm³/mol. The lowest BCUT2D eigenvalue weighted by molar-refractivity contribution is -0.117. The number of aromatic nitrogens is 2. The van der Waals surface area contributed by atoms with Crippen molar-refractivity contribution in [3.8, 4) is 5.75 Å². The Morgan fingerprint density at radius 2 is 1.80 bits per heavy atom. The molecule has 30 heavy (non-hydrogen) atoms. The number of carbonyl (C=O) groups is 1. The second-order valence-electron chi connectivity index (χ2n) is 7.64. The van der Waals surface area contributed by atoms with E-state index in [9.17, 15) is 4.79 Å². The molecule has 0 spiro atoms. The van der Waals surface area contributed by atoms with Gasteiger partial charge in [-0.3, -0.25) is 4.79 Å². The van der Waals surface area contributed by atoms with Crippen LogP contribution in [0.5, 0.6) is 5.75 Å². The van der Waals surface area contributed by atoms with Gasteiger partial charge in [0.2, 0.25) is 5.91 Å². The summed E-state index contributed by atoms with van der Waals surface area (Å²) in [6.07, 6.45) is 0.454. The Morgan fingerprint density at radius 3 is 2.63 bits per heavy atom. The first-order chi connectivity index (χ1) is 14.7. The van der Waals surface area contributed by atoms with Gasteiger partial charge in [-0.25, -0.2) is 4.98 Å². The van der Waals surface area contributed by atoms with Gasteiger partial charge in [-0.1, -0.05) is 48.5 Å². The fourth-order valence-corrected chi connectivity index (χ4v) is 4.25. The van der Waals surface area contributed by atoms with Crippen molar-refractivity contribution in [1.82, 2.24) is 9.55 Å². The van der Waals surface area contributed by atoms with E-state index >= 15 is 0 Å². The van der Waals surface area contributed by atoms with Crippen molar-refractivity contribution in [3.63, 3.8) is 0 Å². The van der Waals surface area contributed by atoms with E-state index in [1.165, 1.54) is 5.56 Å². The van der Waals surface area contributed by atoms with Crippen LogP contribution in [0, 0.1) is 0 Å². The molecule has 0 bridgehead atoms. The highest BCUT2D eigenvalue weighted by Gasteiger charge is 2.35. The number of methoxy groups -OCH3 is 1. The average molecular weight is 397 g/mol. The molecule has 4 aromatic rings. The van der Waals surface area contributed by atoms with Crippen molar-refractivity contribution in [1.29, 1.82) is 0 Å².